The first-order valence-electron chi connectivity index (χ1n) is 15.6. The molecule has 0 spiro atoms. The summed E-state index contributed by atoms with van der Waals surface area (Å²) in [7, 11) is 0. The normalized spacial score (nSPS) is 28.1. The van der Waals surface area contributed by atoms with Crippen LogP contribution in [0.25, 0.3) is 0 Å². The number of imide groups is 2. The maximum atomic E-state index is 15.1. The fourth-order valence-electron chi connectivity index (χ4n) is 8.35. The number of carboxylic acids is 1. The molecule has 0 aromatic heterocycles. The zero-order chi connectivity index (χ0) is 33.2. The van der Waals surface area contributed by atoms with Crippen LogP contribution in [0.1, 0.15) is 41.9 Å². The SMILES string of the molecule is Cc1ccc(NN2C(=O)C3CC4C(=CCC5C(=O)N(CCC(=O)O)C(=O)C54)C(c4cccc(F)c4O)C3(c3ccccc3)C2=O)cc1. The Labute approximate surface area is 269 Å². The van der Waals surface area contributed by atoms with E-state index in [1.54, 1.807) is 48.5 Å². The lowest BCUT2D eigenvalue weighted by Crippen LogP contribution is -2.53. The molecule has 2 aliphatic heterocycles. The fraction of sp³-hybridized carbons (Fsp3) is 0.306. The van der Waals surface area contributed by atoms with Gasteiger partial charge in [0.1, 0.15) is 0 Å². The van der Waals surface area contributed by atoms with Crippen LogP contribution in [0, 0.1) is 36.4 Å². The number of carboxylic acid groups (broad SMARTS) is 1. The summed E-state index contributed by atoms with van der Waals surface area (Å²) in [6, 6.07) is 19.9. The first-order chi connectivity index (χ1) is 22.5. The topological polar surface area (TPSA) is 144 Å². The number of phenolic OH excluding ortho intramolecular Hbond substituents is 1. The van der Waals surface area contributed by atoms with E-state index in [1.807, 2.05) is 19.1 Å². The molecular formula is C36H32FN3O7. The molecule has 2 saturated heterocycles. The van der Waals surface area contributed by atoms with Crippen molar-refractivity contribution in [2.24, 2.45) is 23.7 Å². The van der Waals surface area contributed by atoms with Gasteiger partial charge >= 0.3 is 5.97 Å². The number of fused-ring (bicyclic) bond motifs is 4. The Bertz CT molecular complexity index is 1860. The minimum absolute atomic E-state index is 0.0247. The van der Waals surface area contributed by atoms with Crippen molar-refractivity contribution in [3.05, 3.63) is 107 Å². The number of benzene rings is 3. The number of halogens is 1. The van der Waals surface area contributed by atoms with Gasteiger partial charge in [0.05, 0.1) is 35.3 Å². The van der Waals surface area contributed by atoms with Crippen molar-refractivity contribution < 1.29 is 38.6 Å². The minimum atomic E-state index is -1.65. The van der Waals surface area contributed by atoms with Gasteiger partial charge in [0.15, 0.2) is 11.6 Å². The molecule has 240 valence electrons. The average molecular weight is 638 g/mol. The number of allylic oxidation sites excluding steroid dienone is 2. The van der Waals surface area contributed by atoms with Crippen molar-refractivity contribution in [1.29, 1.82) is 0 Å². The zero-order valence-corrected chi connectivity index (χ0v) is 25.4. The van der Waals surface area contributed by atoms with Gasteiger partial charge in [-0.25, -0.2) is 4.39 Å². The van der Waals surface area contributed by atoms with E-state index in [2.05, 4.69) is 5.43 Å². The second kappa shape index (κ2) is 11.2. The third-order valence-electron chi connectivity index (χ3n) is 10.4. The lowest BCUT2D eigenvalue weighted by Gasteiger charge is -2.50. The number of carbonyl (C=O) groups is 5. The third-order valence-corrected chi connectivity index (χ3v) is 10.4. The van der Waals surface area contributed by atoms with Crippen molar-refractivity contribution in [3.8, 4) is 5.75 Å². The summed E-state index contributed by atoms with van der Waals surface area (Å²) >= 11 is 0. The minimum Gasteiger partial charge on any atom is -0.505 e. The number of phenols is 1. The number of nitrogens with zero attached hydrogens (tertiary/aromatic N) is 2. The maximum Gasteiger partial charge on any atom is 0.305 e. The monoisotopic (exact) mass is 637 g/mol. The highest BCUT2D eigenvalue weighted by molar-refractivity contribution is 6.13. The highest BCUT2D eigenvalue weighted by Crippen LogP contribution is 2.64. The van der Waals surface area contributed by atoms with Crippen LogP contribution in [-0.4, -0.2) is 56.3 Å². The van der Waals surface area contributed by atoms with Gasteiger partial charge in [-0.3, -0.25) is 34.3 Å². The van der Waals surface area contributed by atoms with Gasteiger partial charge in [-0.1, -0.05) is 71.8 Å². The van der Waals surface area contributed by atoms with Gasteiger partial charge in [0, 0.05) is 18.0 Å². The van der Waals surface area contributed by atoms with Crippen LogP contribution >= 0.6 is 0 Å². The number of hydrogen-bond acceptors (Lipinski definition) is 7. The van der Waals surface area contributed by atoms with Gasteiger partial charge in [-0.05, 0) is 49.4 Å². The first-order valence-corrected chi connectivity index (χ1v) is 15.6. The maximum absolute atomic E-state index is 15.1. The van der Waals surface area contributed by atoms with Gasteiger partial charge in [0.2, 0.25) is 11.8 Å². The molecule has 1 saturated carbocycles. The largest absolute Gasteiger partial charge is 0.505 e. The molecule has 2 aliphatic carbocycles. The third kappa shape index (κ3) is 4.47. The molecule has 7 rings (SSSR count). The highest BCUT2D eigenvalue weighted by atomic mass is 19.1. The highest BCUT2D eigenvalue weighted by Gasteiger charge is 2.70. The predicted molar refractivity (Wildman–Crippen MR) is 166 cm³/mol. The summed E-state index contributed by atoms with van der Waals surface area (Å²) in [6.07, 6.45) is 1.53. The quantitative estimate of drug-likeness (QED) is 0.257. The van der Waals surface area contributed by atoms with E-state index in [1.165, 1.54) is 12.1 Å². The van der Waals surface area contributed by atoms with E-state index in [4.69, 9.17) is 0 Å². The molecule has 0 radical (unpaired) electrons. The molecule has 0 bridgehead atoms. The molecule has 6 unspecified atom stereocenters. The van der Waals surface area contributed by atoms with E-state index in [0.29, 0.717) is 16.8 Å². The number of nitrogens with one attached hydrogen (secondary N) is 1. The summed E-state index contributed by atoms with van der Waals surface area (Å²) in [5.74, 6) is -9.43. The van der Waals surface area contributed by atoms with Crippen LogP contribution in [0.15, 0.2) is 84.4 Å². The summed E-state index contributed by atoms with van der Waals surface area (Å²) in [6.45, 7) is 1.63. The van der Waals surface area contributed by atoms with Gasteiger partial charge in [0.25, 0.3) is 11.8 Å². The second-order valence-corrected chi connectivity index (χ2v) is 12.7. The Hall–Kier alpha value is -5.32. The van der Waals surface area contributed by atoms with Crippen molar-refractivity contribution in [1.82, 2.24) is 9.91 Å². The number of para-hydroxylation sites is 1. The molecule has 3 N–H and O–H groups in total. The number of aromatic hydroxyl groups is 1. The van der Waals surface area contributed by atoms with E-state index in [-0.39, 0.29) is 24.9 Å². The Kier molecular flexibility index (Phi) is 7.22. The molecule has 4 amide bonds. The lowest BCUT2D eigenvalue weighted by atomic mass is 9.49. The molecule has 10 nitrogen and oxygen atoms in total. The fourth-order valence-corrected chi connectivity index (χ4v) is 8.35. The van der Waals surface area contributed by atoms with Crippen LogP contribution in [0.3, 0.4) is 0 Å². The number of aliphatic carboxylic acids is 1. The predicted octanol–water partition coefficient (Wildman–Crippen LogP) is 4.30. The molecule has 47 heavy (non-hydrogen) atoms. The molecule has 4 aliphatic rings. The zero-order valence-electron chi connectivity index (χ0n) is 25.4. The summed E-state index contributed by atoms with van der Waals surface area (Å²) in [4.78, 5) is 69.2. The summed E-state index contributed by atoms with van der Waals surface area (Å²) in [5, 5.41) is 21.5. The molecular weight excluding hydrogens is 605 g/mol. The molecule has 3 fully saturated rings. The van der Waals surface area contributed by atoms with Crippen LogP contribution in [0.5, 0.6) is 5.75 Å². The number of hydrogen-bond donors (Lipinski definition) is 3. The van der Waals surface area contributed by atoms with Crippen LogP contribution in [0.2, 0.25) is 0 Å². The van der Waals surface area contributed by atoms with E-state index in [0.717, 1.165) is 21.5 Å². The lowest BCUT2D eigenvalue weighted by molar-refractivity contribution is -0.143. The van der Waals surface area contributed by atoms with Crippen LogP contribution in [0.4, 0.5) is 10.1 Å². The number of hydrazine groups is 1. The van der Waals surface area contributed by atoms with Gasteiger partial charge < -0.3 is 10.2 Å². The number of anilines is 1. The summed E-state index contributed by atoms with van der Waals surface area (Å²) < 4.78 is 15.1. The molecule has 3 aromatic rings. The summed E-state index contributed by atoms with van der Waals surface area (Å²) in [5.41, 5.74) is 3.95. The van der Waals surface area contributed by atoms with Crippen molar-refractivity contribution in [3.63, 3.8) is 0 Å². The smallest absolute Gasteiger partial charge is 0.305 e. The van der Waals surface area contributed by atoms with E-state index in [9.17, 15) is 34.2 Å². The van der Waals surface area contributed by atoms with Crippen molar-refractivity contribution in [2.75, 3.05) is 12.0 Å². The average Bonchev–Trinajstić information content (AvgIpc) is 3.43. The number of amides is 4. The van der Waals surface area contributed by atoms with Gasteiger partial charge in [-0.2, -0.15) is 5.01 Å². The molecule has 2 heterocycles. The molecule has 11 heteroatoms. The Morgan fingerprint density at radius 1 is 0.936 bits per heavy atom. The molecule has 6 atom stereocenters. The second-order valence-electron chi connectivity index (χ2n) is 12.7. The number of carbonyl (C=O) groups excluding carboxylic acids is 4. The Morgan fingerprint density at radius 3 is 2.36 bits per heavy atom. The molecule has 3 aromatic carbocycles. The van der Waals surface area contributed by atoms with Crippen molar-refractivity contribution in [2.45, 2.75) is 37.5 Å². The number of rotatable bonds is 7. The standard InChI is InChI=1S/C36H32FN3O7/c1-19-10-12-21(13-11-19)38-40-33(45)26-18-25-22(14-15-23-29(25)34(46)39(32(23)44)17-16-28(41)42)30(24-8-5-9-27(37)31(24)43)36(26,35(40)47)20-6-3-2-4-7-20/h2-14,23,25-26,29-30,38,43H,15-18H2,1H3,(H,41,42). The van der Waals surface area contributed by atoms with E-state index >= 15 is 4.39 Å². The van der Waals surface area contributed by atoms with Crippen molar-refractivity contribution >= 4 is 35.3 Å². The van der Waals surface area contributed by atoms with Gasteiger partial charge in [-0.15, -0.1) is 0 Å². The first kappa shape index (κ1) is 30.3. The number of aryl methyl sites for hydroxylation is 1. The van der Waals surface area contributed by atoms with E-state index < -0.39 is 82.6 Å². The van der Waals surface area contributed by atoms with Crippen LogP contribution < -0.4 is 5.43 Å². The Morgan fingerprint density at radius 2 is 1.66 bits per heavy atom. The Balaban J connectivity index is 1.43. The van der Waals surface area contributed by atoms with Crippen LogP contribution in [-0.2, 0) is 29.4 Å². The number of likely N-dealkylation sites (tertiary alicyclic amines) is 1.